The van der Waals surface area contributed by atoms with Gasteiger partial charge in [0, 0.05) is 0 Å². The molecule has 0 rings (SSSR count). The molecule has 0 saturated carbocycles. The van der Waals surface area contributed by atoms with Crippen LogP contribution in [0.4, 0.5) is 0 Å². The molecule has 0 amide bonds. The maximum Gasteiger partial charge on any atom is -0.0235 e. The summed E-state index contributed by atoms with van der Waals surface area (Å²) in [5, 5.41) is 0. The summed E-state index contributed by atoms with van der Waals surface area (Å²) in [6.45, 7) is 32.7. The normalized spacial score (nSPS) is 13.7. The topological polar surface area (TPSA) is 0 Å². The molecular formula is C24H54. The van der Waals surface area contributed by atoms with E-state index in [9.17, 15) is 0 Å². The smallest absolute Gasteiger partial charge is 0.0235 e. The molecule has 0 aromatic carbocycles. The molecule has 0 saturated heterocycles. The summed E-state index contributed by atoms with van der Waals surface area (Å²) in [7, 11) is 0. The lowest BCUT2D eigenvalue weighted by Crippen LogP contribution is -2.19. The van der Waals surface area contributed by atoms with Crippen molar-refractivity contribution >= 4 is 0 Å². The van der Waals surface area contributed by atoms with E-state index in [1.807, 2.05) is 13.8 Å². The lowest BCUT2D eigenvalue weighted by molar-refractivity contribution is 0.215. The van der Waals surface area contributed by atoms with Crippen molar-refractivity contribution in [3.8, 4) is 0 Å². The number of allylic oxidation sites excluding steroid dienone is 1. The molecule has 0 bridgehead atoms. The van der Waals surface area contributed by atoms with Crippen LogP contribution in [0.3, 0.4) is 0 Å². The third kappa shape index (κ3) is 21.7. The molecule has 24 heavy (non-hydrogen) atoms. The molecule has 0 aliphatic heterocycles. The van der Waals surface area contributed by atoms with Gasteiger partial charge in [0.25, 0.3) is 0 Å². The molecule has 0 aromatic rings. The predicted molar refractivity (Wildman–Crippen MR) is 119 cm³/mol. The van der Waals surface area contributed by atoms with Gasteiger partial charge in [-0.25, -0.2) is 0 Å². The summed E-state index contributed by atoms with van der Waals surface area (Å²) in [6.07, 6.45) is 6.44. The number of hydrogen-bond acceptors (Lipinski definition) is 0. The van der Waals surface area contributed by atoms with Gasteiger partial charge in [-0.2, -0.15) is 0 Å². The van der Waals surface area contributed by atoms with Crippen LogP contribution in [0.5, 0.6) is 0 Å². The Bertz CT molecular complexity index is 236. The summed E-state index contributed by atoms with van der Waals surface area (Å²) in [4.78, 5) is 0. The molecule has 0 aliphatic rings. The van der Waals surface area contributed by atoms with E-state index in [1.54, 1.807) is 0 Å². The van der Waals surface area contributed by atoms with E-state index in [0.717, 1.165) is 11.8 Å². The van der Waals surface area contributed by atoms with Crippen molar-refractivity contribution in [2.24, 2.45) is 23.2 Å². The Hall–Kier alpha value is -0.260. The molecular weight excluding hydrogens is 288 g/mol. The highest BCUT2D eigenvalue weighted by molar-refractivity contribution is 4.93. The molecule has 0 radical (unpaired) electrons. The van der Waals surface area contributed by atoms with Gasteiger partial charge in [-0.1, -0.05) is 121 Å². The molecule has 3 atom stereocenters. The minimum absolute atomic E-state index is 0.550. The van der Waals surface area contributed by atoms with Gasteiger partial charge < -0.3 is 0 Å². The van der Waals surface area contributed by atoms with Gasteiger partial charge in [-0.3, -0.25) is 0 Å². The highest BCUT2D eigenvalue weighted by atomic mass is 14.3. The average Bonchev–Trinajstić information content (AvgIpc) is 2.56. The first-order valence-electron chi connectivity index (χ1n) is 10.7. The van der Waals surface area contributed by atoms with Gasteiger partial charge in [0.15, 0.2) is 0 Å². The highest BCUT2D eigenvalue weighted by Crippen LogP contribution is 2.31. The van der Waals surface area contributed by atoms with E-state index in [2.05, 4.69) is 82.7 Å². The molecule has 0 heteroatoms. The summed E-state index contributed by atoms with van der Waals surface area (Å²) < 4.78 is 0. The first-order valence-corrected chi connectivity index (χ1v) is 10.7. The zero-order chi connectivity index (χ0) is 20.3. The molecule has 0 aromatic heterocycles. The third-order valence-corrected chi connectivity index (χ3v) is 5.15. The van der Waals surface area contributed by atoms with Crippen molar-refractivity contribution in [1.82, 2.24) is 0 Å². The average molecular weight is 343 g/mol. The van der Waals surface area contributed by atoms with E-state index in [-0.39, 0.29) is 0 Å². The zero-order valence-electron chi connectivity index (χ0n) is 20.0. The Kier molecular flexibility index (Phi) is 27.3. The van der Waals surface area contributed by atoms with Crippen LogP contribution in [0.1, 0.15) is 122 Å². The Morgan fingerprint density at radius 2 is 1.25 bits per heavy atom. The van der Waals surface area contributed by atoms with Gasteiger partial charge in [0.05, 0.1) is 0 Å². The summed E-state index contributed by atoms with van der Waals surface area (Å²) in [6, 6.07) is 0. The Morgan fingerprint density at radius 1 is 0.875 bits per heavy atom. The summed E-state index contributed by atoms with van der Waals surface area (Å²) in [5.41, 5.74) is 1.87. The van der Waals surface area contributed by atoms with Crippen molar-refractivity contribution in [1.29, 1.82) is 0 Å². The maximum absolute atomic E-state index is 3.94. The van der Waals surface area contributed by atoms with E-state index in [4.69, 9.17) is 0 Å². The highest BCUT2D eigenvalue weighted by Gasteiger charge is 2.21. The first-order chi connectivity index (χ1) is 11.0. The fourth-order valence-electron chi connectivity index (χ4n) is 1.87. The van der Waals surface area contributed by atoms with Gasteiger partial charge in [0.1, 0.15) is 0 Å². The Balaban J connectivity index is -0.000000132. The summed E-state index contributed by atoms with van der Waals surface area (Å²) in [5.74, 6) is 2.42. The fourth-order valence-corrected chi connectivity index (χ4v) is 1.87. The van der Waals surface area contributed by atoms with E-state index < -0.39 is 0 Å². The van der Waals surface area contributed by atoms with Gasteiger partial charge in [-0.15, -0.1) is 0 Å². The molecule has 150 valence electrons. The Labute approximate surface area is 157 Å². The summed E-state index contributed by atoms with van der Waals surface area (Å²) >= 11 is 0. The maximum atomic E-state index is 3.94. The molecule has 0 spiro atoms. The van der Waals surface area contributed by atoms with Gasteiger partial charge >= 0.3 is 0 Å². The quantitative estimate of drug-likeness (QED) is 0.404. The van der Waals surface area contributed by atoms with Crippen LogP contribution in [0.25, 0.3) is 0 Å². The van der Waals surface area contributed by atoms with Crippen LogP contribution in [0.15, 0.2) is 12.2 Å². The largest absolute Gasteiger partial charge is 0.0999 e. The van der Waals surface area contributed by atoms with Gasteiger partial charge in [-0.05, 0) is 36.5 Å². The van der Waals surface area contributed by atoms with E-state index in [0.29, 0.717) is 11.3 Å². The lowest BCUT2D eigenvalue weighted by Gasteiger charge is -2.29. The van der Waals surface area contributed by atoms with Crippen LogP contribution < -0.4 is 0 Å². The molecule has 0 N–H and O–H groups in total. The predicted octanol–water partition coefficient (Wildman–Crippen LogP) is 9.55. The van der Waals surface area contributed by atoms with Crippen molar-refractivity contribution in [2.45, 2.75) is 122 Å². The number of rotatable bonds is 7. The second-order valence-electron chi connectivity index (χ2n) is 7.86. The zero-order valence-corrected chi connectivity index (χ0v) is 20.0. The van der Waals surface area contributed by atoms with Gasteiger partial charge in [0.2, 0.25) is 0 Å². The van der Waals surface area contributed by atoms with Crippen molar-refractivity contribution < 1.29 is 0 Å². The first kappa shape index (κ1) is 31.5. The fraction of sp³-hybridized carbons (Fsp3) is 0.917. The number of hydrogen-bond donors (Lipinski definition) is 0. The monoisotopic (exact) mass is 342 g/mol. The minimum Gasteiger partial charge on any atom is -0.0999 e. The van der Waals surface area contributed by atoms with Crippen LogP contribution in [-0.4, -0.2) is 0 Å². The van der Waals surface area contributed by atoms with E-state index in [1.165, 1.54) is 37.7 Å². The molecule has 0 heterocycles. The molecule has 0 aliphatic carbocycles. The molecule has 0 fully saturated rings. The standard InChI is InChI=1S/C10H20.C9H20.C3H8.C2H6/c1-6-9(4)7-10(5)8(2)3;1-6-8(3)9(4,5)7-2;1-3-2;1-2/h9-10H,2,6-7H2,1,3-5H3;8H,6-7H2,1-5H3;3H2,1-2H3;1-2H3. The van der Waals surface area contributed by atoms with Crippen LogP contribution >= 0.6 is 0 Å². The second-order valence-corrected chi connectivity index (χ2v) is 7.86. The SMILES string of the molecule is C=C(C)C(C)CC(C)CC.CC.CCC.CCC(C)C(C)(C)CC. The van der Waals surface area contributed by atoms with Crippen molar-refractivity contribution in [2.75, 3.05) is 0 Å². The van der Waals surface area contributed by atoms with Crippen LogP contribution in [0.2, 0.25) is 0 Å². The van der Waals surface area contributed by atoms with E-state index >= 15 is 0 Å². The third-order valence-electron chi connectivity index (χ3n) is 5.15. The minimum atomic E-state index is 0.550. The van der Waals surface area contributed by atoms with Crippen molar-refractivity contribution in [3.63, 3.8) is 0 Å². The Morgan fingerprint density at radius 3 is 1.42 bits per heavy atom. The van der Waals surface area contributed by atoms with Crippen LogP contribution in [-0.2, 0) is 0 Å². The van der Waals surface area contributed by atoms with Crippen molar-refractivity contribution in [3.05, 3.63) is 12.2 Å². The lowest BCUT2D eigenvalue weighted by atomic mass is 9.77. The van der Waals surface area contributed by atoms with Crippen LogP contribution in [0, 0.1) is 23.2 Å². The molecule has 0 nitrogen and oxygen atoms in total. The molecule has 3 unspecified atom stereocenters. The second kappa shape index (κ2) is 20.8.